The minimum Gasteiger partial charge on any atom is -0.336 e. The SMILES string of the molecule is CCc1nccn1CCN1CCN(C(=O)c2c(F)cccc2Cl)CC1. The van der Waals surface area contributed by atoms with Gasteiger partial charge in [0, 0.05) is 58.1 Å². The second-order valence-corrected chi connectivity index (χ2v) is 6.53. The Morgan fingerprint density at radius 3 is 2.68 bits per heavy atom. The maximum atomic E-state index is 13.9. The molecule has 0 aliphatic carbocycles. The molecule has 1 amide bonds. The quantitative estimate of drug-likeness (QED) is 0.819. The number of halogens is 2. The fraction of sp³-hybridized carbons (Fsp3) is 0.444. The lowest BCUT2D eigenvalue weighted by molar-refractivity contribution is 0.0628. The number of piperazine rings is 1. The van der Waals surface area contributed by atoms with Crippen molar-refractivity contribution in [1.82, 2.24) is 19.4 Å². The fourth-order valence-electron chi connectivity index (χ4n) is 3.14. The summed E-state index contributed by atoms with van der Waals surface area (Å²) in [4.78, 5) is 20.9. The highest BCUT2D eigenvalue weighted by atomic mass is 35.5. The summed E-state index contributed by atoms with van der Waals surface area (Å²) in [5, 5.41) is 0.166. The van der Waals surface area contributed by atoms with E-state index in [-0.39, 0.29) is 16.5 Å². The molecule has 25 heavy (non-hydrogen) atoms. The van der Waals surface area contributed by atoms with Gasteiger partial charge < -0.3 is 9.47 Å². The van der Waals surface area contributed by atoms with E-state index in [1.807, 2.05) is 12.4 Å². The molecular weight excluding hydrogens is 343 g/mol. The normalized spacial score (nSPS) is 15.6. The Morgan fingerprint density at radius 1 is 1.24 bits per heavy atom. The van der Waals surface area contributed by atoms with E-state index >= 15 is 0 Å². The number of hydrogen-bond donors (Lipinski definition) is 0. The Balaban J connectivity index is 1.54. The monoisotopic (exact) mass is 364 g/mol. The minimum absolute atomic E-state index is 0.0244. The molecule has 1 aliphatic rings. The van der Waals surface area contributed by atoms with Gasteiger partial charge >= 0.3 is 0 Å². The average molecular weight is 365 g/mol. The summed E-state index contributed by atoms with van der Waals surface area (Å²) in [6.45, 7) is 6.59. The van der Waals surface area contributed by atoms with E-state index in [0.717, 1.165) is 38.4 Å². The van der Waals surface area contributed by atoms with Gasteiger partial charge in [-0.25, -0.2) is 9.37 Å². The van der Waals surface area contributed by atoms with Crippen LogP contribution in [0, 0.1) is 5.82 Å². The van der Waals surface area contributed by atoms with Gasteiger partial charge in [-0.3, -0.25) is 9.69 Å². The molecule has 0 saturated carbocycles. The molecule has 1 aliphatic heterocycles. The molecule has 1 aromatic carbocycles. The molecule has 0 N–H and O–H groups in total. The molecule has 0 unspecified atom stereocenters. The van der Waals surface area contributed by atoms with Crippen molar-refractivity contribution in [2.45, 2.75) is 19.9 Å². The van der Waals surface area contributed by atoms with Crippen LogP contribution in [0.1, 0.15) is 23.1 Å². The van der Waals surface area contributed by atoms with Crippen molar-refractivity contribution in [3.8, 4) is 0 Å². The van der Waals surface area contributed by atoms with Gasteiger partial charge in [-0.05, 0) is 12.1 Å². The van der Waals surface area contributed by atoms with Crippen molar-refractivity contribution >= 4 is 17.5 Å². The number of carbonyl (C=O) groups excluding carboxylic acids is 1. The number of carbonyl (C=O) groups is 1. The lowest BCUT2D eigenvalue weighted by Gasteiger charge is -2.35. The van der Waals surface area contributed by atoms with Gasteiger partial charge in [-0.1, -0.05) is 24.6 Å². The van der Waals surface area contributed by atoms with Gasteiger partial charge in [0.1, 0.15) is 11.6 Å². The van der Waals surface area contributed by atoms with E-state index < -0.39 is 5.82 Å². The summed E-state index contributed by atoms with van der Waals surface area (Å²) >= 11 is 6.00. The lowest BCUT2D eigenvalue weighted by Crippen LogP contribution is -2.49. The highest BCUT2D eigenvalue weighted by Crippen LogP contribution is 2.21. The van der Waals surface area contributed by atoms with E-state index in [4.69, 9.17) is 11.6 Å². The number of rotatable bonds is 5. The Kier molecular flexibility index (Phi) is 5.71. The average Bonchev–Trinajstić information content (AvgIpc) is 3.07. The molecule has 0 bridgehead atoms. The molecule has 0 radical (unpaired) electrons. The van der Waals surface area contributed by atoms with Gasteiger partial charge in [0.2, 0.25) is 0 Å². The summed E-state index contributed by atoms with van der Waals surface area (Å²) in [5.41, 5.74) is -0.0244. The van der Waals surface area contributed by atoms with E-state index in [1.54, 1.807) is 11.0 Å². The van der Waals surface area contributed by atoms with Crippen LogP contribution in [0.3, 0.4) is 0 Å². The van der Waals surface area contributed by atoms with Crippen LogP contribution < -0.4 is 0 Å². The molecule has 1 saturated heterocycles. The Bertz CT molecular complexity index is 720. The van der Waals surface area contributed by atoms with E-state index in [9.17, 15) is 9.18 Å². The van der Waals surface area contributed by atoms with E-state index in [1.165, 1.54) is 12.1 Å². The number of nitrogens with zero attached hydrogens (tertiary/aromatic N) is 4. The summed E-state index contributed by atoms with van der Waals surface area (Å²) in [6, 6.07) is 4.32. The van der Waals surface area contributed by atoms with Gasteiger partial charge in [0.15, 0.2) is 0 Å². The molecular formula is C18H22ClFN4O. The van der Waals surface area contributed by atoms with E-state index in [2.05, 4.69) is 21.4 Å². The van der Waals surface area contributed by atoms with Crippen LogP contribution in [-0.2, 0) is 13.0 Å². The van der Waals surface area contributed by atoms with Crippen molar-refractivity contribution in [2.75, 3.05) is 32.7 Å². The fourth-order valence-corrected chi connectivity index (χ4v) is 3.39. The first kappa shape index (κ1) is 17.9. The lowest BCUT2D eigenvalue weighted by atomic mass is 10.1. The van der Waals surface area contributed by atoms with Crippen LogP contribution in [0.2, 0.25) is 5.02 Å². The summed E-state index contributed by atoms with van der Waals surface area (Å²) in [6.07, 6.45) is 4.74. The molecule has 2 heterocycles. The summed E-state index contributed by atoms with van der Waals surface area (Å²) in [7, 11) is 0. The molecule has 134 valence electrons. The van der Waals surface area contributed by atoms with Crippen molar-refractivity contribution < 1.29 is 9.18 Å². The zero-order valence-electron chi connectivity index (χ0n) is 14.3. The molecule has 0 atom stereocenters. The standard InChI is InChI=1S/C18H22ClFN4O/c1-2-16-21-6-7-23(16)11-8-22-9-12-24(13-10-22)18(25)17-14(19)4-3-5-15(17)20/h3-7H,2,8-13H2,1H3. The van der Waals surface area contributed by atoms with Crippen LogP contribution >= 0.6 is 11.6 Å². The third-order valence-electron chi connectivity index (χ3n) is 4.61. The maximum Gasteiger partial charge on any atom is 0.258 e. The predicted octanol–water partition coefficient (Wildman–Crippen LogP) is 2.70. The van der Waals surface area contributed by atoms with Crippen LogP contribution in [0.5, 0.6) is 0 Å². The Hall–Kier alpha value is -1.92. The van der Waals surface area contributed by atoms with Crippen molar-refractivity contribution in [3.05, 3.63) is 52.8 Å². The first-order valence-corrected chi connectivity index (χ1v) is 8.93. The number of benzene rings is 1. The van der Waals surface area contributed by atoms with Gasteiger partial charge in [-0.15, -0.1) is 0 Å². The van der Waals surface area contributed by atoms with Crippen molar-refractivity contribution in [1.29, 1.82) is 0 Å². The Morgan fingerprint density at radius 2 is 2.00 bits per heavy atom. The third-order valence-corrected chi connectivity index (χ3v) is 4.93. The topological polar surface area (TPSA) is 41.4 Å². The number of aryl methyl sites for hydroxylation is 1. The predicted molar refractivity (Wildman–Crippen MR) is 95.4 cm³/mol. The van der Waals surface area contributed by atoms with Gasteiger partial charge in [0.25, 0.3) is 5.91 Å². The molecule has 5 nitrogen and oxygen atoms in total. The van der Waals surface area contributed by atoms with Crippen molar-refractivity contribution in [2.24, 2.45) is 0 Å². The van der Waals surface area contributed by atoms with Crippen LogP contribution in [0.4, 0.5) is 4.39 Å². The summed E-state index contributed by atoms with van der Waals surface area (Å²) < 4.78 is 16.1. The highest BCUT2D eigenvalue weighted by molar-refractivity contribution is 6.33. The summed E-state index contributed by atoms with van der Waals surface area (Å²) in [5.74, 6) is 0.195. The zero-order chi connectivity index (χ0) is 17.8. The zero-order valence-corrected chi connectivity index (χ0v) is 15.0. The largest absolute Gasteiger partial charge is 0.336 e. The van der Waals surface area contributed by atoms with Crippen LogP contribution in [-0.4, -0.2) is 58.0 Å². The minimum atomic E-state index is -0.563. The molecule has 2 aromatic rings. The number of aromatic nitrogens is 2. The van der Waals surface area contributed by atoms with Gasteiger partial charge in [-0.2, -0.15) is 0 Å². The maximum absolute atomic E-state index is 13.9. The molecule has 7 heteroatoms. The van der Waals surface area contributed by atoms with E-state index in [0.29, 0.717) is 13.1 Å². The molecule has 1 aromatic heterocycles. The first-order valence-electron chi connectivity index (χ1n) is 8.55. The highest BCUT2D eigenvalue weighted by Gasteiger charge is 2.25. The van der Waals surface area contributed by atoms with Gasteiger partial charge in [0.05, 0.1) is 10.6 Å². The van der Waals surface area contributed by atoms with Crippen molar-refractivity contribution in [3.63, 3.8) is 0 Å². The second-order valence-electron chi connectivity index (χ2n) is 6.12. The number of amides is 1. The molecule has 3 rings (SSSR count). The number of imidazole rings is 1. The second kappa shape index (κ2) is 7.97. The Labute approximate surface area is 152 Å². The smallest absolute Gasteiger partial charge is 0.258 e. The third kappa shape index (κ3) is 4.02. The molecule has 1 fully saturated rings. The van der Waals surface area contributed by atoms with Crippen LogP contribution in [0.15, 0.2) is 30.6 Å². The molecule has 0 spiro atoms. The first-order chi connectivity index (χ1) is 12.1. The van der Waals surface area contributed by atoms with Crippen LogP contribution in [0.25, 0.3) is 0 Å². The number of hydrogen-bond acceptors (Lipinski definition) is 3.